The lowest BCUT2D eigenvalue weighted by Crippen LogP contribution is -2.40. The molecule has 26 heavy (non-hydrogen) atoms. The van der Waals surface area contributed by atoms with E-state index in [2.05, 4.69) is 10.6 Å². The first-order valence-corrected chi connectivity index (χ1v) is 7.73. The van der Waals surface area contributed by atoms with Crippen molar-refractivity contribution in [3.8, 4) is 5.75 Å². The van der Waals surface area contributed by atoms with Crippen LogP contribution in [0.2, 0.25) is 0 Å². The number of benzene rings is 1. The summed E-state index contributed by atoms with van der Waals surface area (Å²) in [6, 6.07) is 2.33. The molecule has 2 N–H and O–H groups in total. The predicted octanol–water partition coefficient (Wildman–Crippen LogP) is 3.53. The van der Waals surface area contributed by atoms with Crippen LogP contribution in [0, 0.1) is 0 Å². The van der Waals surface area contributed by atoms with Crippen LogP contribution in [0.25, 0.3) is 0 Å². The van der Waals surface area contributed by atoms with Crippen LogP contribution >= 0.6 is 12.4 Å². The Kier molecular flexibility index (Phi) is 7.24. The second-order valence-electron chi connectivity index (χ2n) is 6.19. The average Bonchev–Trinajstić information content (AvgIpc) is 2.84. The maximum Gasteiger partial charge on any atom is 0.416 e. The molecule has 148 valence electrons. The molecular weight excluding hydrogens is 383 g/mol. The van der Waals surface area contributed by atoms with Crippen molar-refractivity contribution in [1.82, 2.24) is 10.6 Å². The molecule has 1 aliphatic heterocycles. The molecule has 1 amide bonds. The molecule has 0 saturated carbocycles. The van der Waals surface area contributed by atoms with Crippen LogP contribution in [0.1, 0.15) is 31.4 Å². The third kappa shape index (κ3) is 5.98. The van der Waals surface area contributed by atoms with E-state index in [-0.39, 0.29) is 29.8 Å². The zero-order valence-corrected chi connectivity index (χ0v) is 14.9. The highest BCUT2D eigenvalue weighted by Crippen LogP contribution is 2.34. The highest BCUT2D eigenvalue weighted by atomic mass is 35.5. The molecule has 0 aliphatic carbocycles. The van der Waals surface area contributed by atoms with Crippen molar-refractivity contribution < 1.29 is 31.5 Å². The van der Waals surface area contributed by atoms with Crippen molar-refractivity contribution in [2.75, 3.05) is 6.54 Å². The summed E-state index contributed by atoms with van der Waals surface area (Å²) in [5.74, 6) is -3.68. The van der Waals surface area contributed by atoms with Gasteiger partial charge < -0.3 is 10.1 Å². The van der Waals surface area contributed by atoms with Gasteiger partial charge in [0.1, 0.15) is 5.75 Å². The number of carbonyl (C=O) groups excluding carboxylic acids is 1. The van der Waals surface area contributed by atoms with Crippen LogP contribution < -0.4 is 15.4 Å². The van der Waals surface area contributed by atoms with E-state index in [1.54, 1.807) is 13.8 Å². The van der Waals surface area contributed by atoms with Crippen molar-refractivity contribution in [2.45, 2.75) is 51.1 Å². The molecule has 1 fully saturated rings. The Bertz CT molecular complexity index is 638. The van der Waals surface area contributed by atoms with Crippen molar-refractivity contribution >= 4 is 18.3 Å². The van der Waals surface area contributed by atoms with Gasteiger partial charge in [-0.25, -0.2) is 8.78 Å². The number of rotatable bonds is 5. The summed E-state index contributed by atoms with van der Waals surface area (Å²) < 4.78 is 71.1. The molecule has 4 nitrogen and oxygen atoms in total. The molecule has 0 aromatic heterocycles. The van der Waals surface area contributed by atoms with Gasteiger partial charge in [0.2, 0.25) is 5.91 Å². The maximum atomic E-state index is 13.2. The van der Waals surface area contributed by atoms with Crippen LogP contribution in [0.4, 0.5) is 22.0 Å². The molecule has 1 heterocycles. The normalized spacial score (nSPS) is 19.2. The first kappa shape index (κ1) is 22.4. The summed E-state index contributed by atoms with van der Waals surface area (Å²) >= 11 is 0. The van der Waals surface area contributed by atoms with E-state index in [0.29, 0.717) is 0 Å². The summed E-state index contributed by atoms with van der Waals surface area (Å²) in [6.45, 7) is 2.33. The minimum absolute atomic E-state index is 0. The smallest absolute Gasteiger partial charge is 0.416 e. The molecule has 1 unspecified atom stereocenters. The third-order valence-corrected chi connectivity index (χ3v) is 3.64. The summed E-state index contributed by atoms with van der Waals surface area (Å²) in [4.78, 5) is 11.9. The fourth-order valence-electron chi connectivity index (χ4n) is 2.53. The third-order valence-electron chi connectivity index (χ3n) is 3.64. The summed E-state index contributed by atoms with van der Waals surface area (Å²) in [5.41, 5.74) is -1.10. The fourth-order valence-corrected chi connectivity index (χ4v) is 2.53. The van der Waals surface area contributed by atoms with E-state index in [4.69, 9.17) is 4.74 Å². The number of amides is 1. The van der Waals surface area contributed by atoms with Gasteiger partial charge in [-0.05, 0) is 31.5 Å². The number of alkyl halides is 5. The number of ether oxygens (including phenoxy) is 1. The lowest BCUT2D eigenvalue weighted by atomic mass is 10.1. The Morgan fingerprint density at radius 3 is 2.54 bits per heavy atom. The standard InChI is InChI=1S/C16H19F5N2O2.ClH/c1-9(2)25-11-4-3-10(12(5-11)16(19,20)21)7-22-14(24)13-6-15(17,18)8-23-13;/h3-5,9,13,23H,6-8H2,1-2H3,(H,22,24);1H. The SMILES string of the molecule is CC(C)Oc1ccc(CNC(=O)C2CC(F)(F)CN2)c(C(F)(F)F)c1.Cl. The molecule has 2 rings (SSSR count). The van der Waals surface area contributed by atoms with E-state index >= 15 is 0 Å². The Balaban J connectivity index is 0.00000338. The first-order chi connectivity index (χ1) is 11.5. The molecule has 0 radical (unpaired) electrons. The Morgan fingerprint density at radius 1 is 1.38 bits per heavy atom. The zero-order valence-electron chi connectivity index (χ0n) is 14.1. The highest BCUT2D eigenvalue weighted by Gasteiger charge is 2.42. The van der Waals surface area contributed by atoms with Crippen LogP contribution in [0.15, 0.2) is 18.2 Å². The van der Waals surface area contributed by atoms with E-state index < -0.39 is 49.1 Å². The maximum absolute atomic E-state index is 13.2. The average molecular weight is 403 g/mol. The Morgan fingerprint density at radius 2 is 2.04 bits per heavy atom. The van der Waals surface area contributed by atoms with Crippen LogP contribution in [0.5, 0.6) is 5.75 Å². The molecule has 0 bridgehead atoms. The second-order valence-corrected chi connectivity index (χ2v) is 6.19. The lowest BCUT2D eigenvalue weighted by molar-refractivity contribution is -0.138. The van der Waals surface area contributed by atoms with Crippen molar-refractivity contribution in [2.24, 2.45) is 0 Å². The zero-order chi connectivity index (χ0) is 18.8. The van der Waals surface area contributed by atoms with Gasteiger partial charge in [-0.15, -0.1) is 12.4 Å². The monoisotopic (exact) mass is 402 g/mol. The second kappa shape index (κ2) is 8.39. The topological polar surface area (TPSA) is 50.4 Å². The number of hydrogen-bond acceptors (Lipinski definition) is 3. The molecule has 1 aromatic carbocycles. The van der Waals surface area contributed by atoms with Gasteiger partial charge in [-0.3, -0.25) is 10.1 Å². The minimum Gasteiger partial charge on any atom is -0.491 e. The summed E-state index contributed by atoms with van der Waals surface area (Å²) in [5, 5.41) is 4.63. The highest BCUT2D eigenvalue weighted by molar-refractivity contribution is 5.85. The van der Waals surface area contributed by atoms with E-state index in [9.17, 15) is 26.7 Å². The molecule has 1 aromatic rings. The van der Waals surface area contributed by atoms with Crippen LogP contribution in [-0.2, 0) is 17.5 Å². The lowest BCUT2D eigenvalue weighted by Gasteiger charge is -2.17. The van der Waals surface area contributed by atoms with E-state index in [1.807, 2.05) is 0 Å². The van der Waals surface area contributed by atoms with Gasteiger partial charge in [0.15, 0.2) is 0 Å². The Hall–Kier alpha value is -1.61. The first-order valence-electron chi connectivity index (χ1n) is 7.73. The van der Waals surface area contributed by atoms with Crippen LogP contribution in [-0.4, -0.2) is 30.5 Å². The number of carbonyl (C=O) groups is 1. The number of hydrogen-bond donors (Lipinski definition) is 2. The quantitative estimate of drug-likeness (QED) is 0.741. The van der Waals surface area contributed by atoms with Crippen LogP contribution in [0.3, 0.4) is 0 Å². The van der Waals surface area contributed by atoms with Gasteiger partial charge in [0, 0.05) is 13.0 Å². The molecular formula is C16H20ClF5N2O2. The molecule has 1 atom stereocenters. The number of halogens is 6. The van der Waals surface area contributed by atoms with Crippen molar-refractivity contribution in [1.29, 1.82) is 0 Å². The number of nitrogens with one attached hydrogen (secondary N) is 2. The van der Waals surface area contributed by atoms with Gasteiger partial charge in [0.05, 0.1) is 24.3 Å². The predicted molar refractivity (Wildman–Crippen MR) is 87.7 cm³/mol. The van der Waals surface area contributed by atoms with Gasteiger partial charge in [-0.2, -0.15) is 13.2 Å². The van der Waals surface area contributed by atoms with Gasteiger partial charge in [0.25, 0.3) is 5.92 Å². The van der Waals surface area contributed by atoms with Gasteiger partial charge >= 0.3 is 6.18 Å². The van der Waals surface area contributed by atoms with E-state index in [0.717, 1.165) is 6.07 Å². The van der Waals surface area contributed by atoms with E-state index in [1.165, 1.54) is 12.1 Å². The summed E-state index contributed by atoms with van der Waals surface area (Å²) in [7, 11) is 0. The van der Waals surface area contributed by atoms with Crippen molar-refractivity contribution in [3.05, 3.63) is 29.3 Å². The van der Waals surface area contributed by atoms with Crippen molar-refractivity contribution in [3.63, 3.8) is 0 Å². The fraction of sp³-hybridized carbons (Fsp3) is 0.562. The molecule has 0 spiro atoms. The molecule has 1 saturated heterocycles. The Labute approximate surface area is 153 Å². The largest absolute Gasteiger partial charge is 0.491 e. The van der Waals surface area contributed by atoms with Gasteiger partial charge in [-0.1, -0.05) is 6.07 Å². The molecule has 1 aliphatic rings. The molecule has 10 heteroatoms. The minimum atomic E-state index is -4.63. The summed E-state index contributed by atoms with van der Waals surface area (Å²) in [6.07, 6.45) is -5.59.